The first-order valence-electron chi connectivity index (χ1n) is 4.78. The van der Waals surface area contributed by atoms with Gasteiger partial charge in [-0.2, -0.15) is 0 Å². The van der Waals surface area contributed by atoms with Crippen LogP contribution >= 0.6 is 0 Å². The lowest BCUT2D eigenvalue weighted by atomic mass is 10.1. The lowest BCUT2D eigenvalue weighted by Gasteiger charge is -2.03. The first-order chi connectivity index (χ1) is 6.99. The Labute approximate surface area is 87.2 Å². The molecule has 0 bridgehead atoms. The number of rotatable bonds is 4. The molecule has 0 unspecified atom stereocenters. The molecule has 0 atom stereocenters. The third kappa shape index (κ3) is 3.53. The summed E-state index contributed by atoms with van der Waals surface area (Å²) in [7, 11) is 0. The van der Waals surface area contributed by atoms with Crippen molar-refractivity contribution in [1.82, 2.24) is 9.97 Å². The van der Waals surface area contributed by atoms with Crippen LogP contribution in [-0.2, 0) is 17.6 Å². The summed E-state index contributed by atoms with van der Waals surface area (Å²) >= 11 is 0. The van der Waals surface area contributed by atoms with E-state index >= 15 is 0 Å². The highest BCUT2D eigenvalue weighted by atomic mass is 16.4. The second-order valence-electron chi connectivity index (χ2n) is 3.85. The van der Waals surface area contributed by atoms with Crippen LogP contribution in [-0.4, -0.2) is 21.0 Å². The Kier molecular flexibility index (Phi) is 3.60. The molecule has 5 heteroatoms. The number of nitrogens with one attached hydrogen (secondary N) is 1. The van der Waals surface area contributed by atoms with Gasteiger partial charge in [0.05, 0.1) is 0 Å². The molecule has 15 heavy (non-hydrogen) atoms. The van der Waals surface area contributed by atoms with Crippen LogP contribution in [0.15, 0.2) is 11.0 Å². The Hall–Kier alpha value is -1.65. The molecule has 2 N–H and O–H groups in total. The minimum Gasteiger partial charge on any atom is -0.481 e. The minimum atomic E-state index is -1.00. The average molecular weight is 210 g/mol. The Morgan fingerprint density at radius 2 is 2.27 bits per heavy atom. The Bertz CT molecular complexity index is 409. The SMILES string of the molecule is CC(C)Cc1cnc(CC(=O)O)[nH]c1=O. The highest BCUT2D eigenvalue weighted by Crippen LogP contribution is 2.01. The Balaban J connectivity index is 2.88. The van der Waals surface area contributed by atoms with Crippen LogP contribution in [0.25, 0.3) is 0 Å². The highest BCUT2D eigenvalue weighted by molar-refractivity contribution is 5.68. The van der Waals surface area contributed by atoms with Gasteiger partial charge < -0.3 is 10.1 Å². The lowest BCUT2D eigenvalue weighted by Crippen LogP contribution is -2.19. The second-order valence-corrected chi connectivity index (χ2v) is 3.85. The molecular weight excluding hydrogens is 196 g/mol. The van der Waals surface area contributed by atoms with Gasteiger partial charge in [-0.15, -0.1) is 0 Å². The molecule has 0 aliphatic carbocycles. The number of nitrogens with zero attached hydrogens (tertiary/aromatic N) is 1. The normalized spacial score (nSPS) is 10.6. The molecule has 0 aliphatic rings. The maximum absolute atomic E-state index is 11.5. The van der Waals surface area contributed by atoms with E-state index in [2.05, 4.69) is 9.97 Å². The number of aliphatic carboxylic acids is 1. The van der Waals surface area contributed by atoms with Crippen LogP contribution < -0.4 is 5.56 Å². The number of aromatic nitrogens is 2. The first-order valence-corrected chi connectivity index (χ1v) is 4.78. The van der Waals surface area contributed by atoms with Crippen LogP contribution in [0.1, 0.15) is 25.2 Å². The van der Waals surface area contributed by atoms with E-state index in [0.717, 1.165) is 0 Å². The van der Waals surface area contributed by atoms with Gasteiger partial charge in [0, 0.05) is 11.8 Å². The molecule has 1 heterocycles. The zero-order valence-electron chi connectivity index (χ0n) is 8.78. The van der Waals surface area contributed by atoms with Crippen molar-refractivity contribution in [2.45, 2.75) is 26.7 Å². The number of hydrogen-bond donors (Lipinski definition) is 2. The van der Waals surface area contributed by atoms with E-state index in [0.29, 0.717) is 17.9 Å². The van der Waals surface area contributed by atoms with E-state index in [-0.39, 0.29) is 17.8 Å². The van der Waals surface area contributed by atoms with Crippen molar-refractivity contribution in [1.29, 1.82) is 0 Å². The van der Waals surface area contributed by atoms with E-state index < -0.39 is 5.97 Å². The largest absolute Gasteiger partial charge is 0.481 e. The maximum Gasteiger partial charge on any atom is 0.311 e. The number of carboxylic acid groups (broad SMARTS) is 1. The monoisotopic (exact) mass is 210 g/mol. The fourth-order valence-electron chi connectivity index (χ4n) is 1.28. The number of carboxylic acids is 1. The summed E-state index contributed by atoms with van der Waals surface area (Å²) in [4.78, 5) is 28.2. The molecule has 1 rings (SSSR count). The van der Waals surface area contributed by atoms with Gasteiger partial charge in [0.2, 0.25) is 0 Å². The number of carbonyl (C=O) groups is 1. The quantitative estimate of drug-likeness (QED) is 0.762. The van der Waals surface area contributed by atoms with Crippen molar-refractivity contribution in [3.63, 3.8) is 0 Å². The maximum atomic E-state index is 11.5. The zero-order chi connectivity index (χ0) is 11.4. The van der Waals surface area contributed by atoms with Gasteiger partial charge in [-0.1, -0.05) is 13.8 Å². The van der Waals surface area contributed by atoms with Crippen LogP contribution in [0.4, 0.5) is 0 Å². The van der Waals surface area contributed by atoms with Gasteiger partial charge in [0.15, 0.2) is 0 Å². The highest BCUT2D eigenvalue weighted by Gasteiger charge is 2.07. The van der Waals surface area contributed by atoms with Crippen molar-refractivity contribution in [2.75, 3.05) is 0 Å². The molecular formula is C10H14N2O3. The lowest BCUT2D eigenvalue weighted by molar-refractivity contribution is -0.136. The molecule has 0 saturated carbocycles. The fraction of sp³-hybridized carbons (Fsp3) is 0.500. The molecule has 0 amide bonds. The fourth-order valence-corrected chi connectivity index (χ4v) is 1.28. The summed E-state index contributed by atoms with van der Waals surface area (Å²) in [6.07, 6.45) is 1.85. The van der Waals surface area contributed by atoms with Gasteiger partial charge in [0.25, 0.3) is 5.56 Å². The first kappa shape index (κ1) is 11.4. The molecule has 0 saturated heterocycles. The van der Waals surface area contributed by atoms with Crippen molar-refractivity contribution in [2.24, 2.45) is 5.92 Å². The predicted molar refractivity (Wildman–Crippen MR) is 54.7 cm³/mol. The Morgan fingerprint density at radius 3 is 2.73 bits per heavy atom. The molecule has 0 spiro atoms. The van der Waals surface area contributed by atoms with Crippen LogP contribution in [0, 0.1) is 5.92 Å². The zero-order valence-corrected chi connectivity index (χ0v) is 8.78. The summed E-state index contributed by atoms with van der Waals surface area (Å²) in [5.74, 6) is -0.437. The van der Waals surface area contributed by atoms with E-state index in [1.807, 2.05) is 13.8 Å². The smallest absolute Gasteiger partial charge is 0.311 e. The molecule has 0 fully saturated rings. The molecule has 0 aromatic carbocycles. The molecule has 1 aromatic rings. The van der Waals surface area contributed by atoms with Gasteiger partial charge in [-0.25, -0.2) is 4.98 Å². The molecule has 5 nitrogen and oxygen atoms in total. The molecule has 0 radical (unpaired) electrons. The van der Waals surface area contributed by atoms with E-state index in [9.17, 15) is 9.59 Å². The topological polar surface area (TPSA) is 83.0 Å². The van der Waals surface area contributed by atoms with Crippen molar-refractivity contribution >= 4 is 5.97 Å². The molecule has 0 aliphatic heterocycles. The predicted octanol–water partition coefficient (Wildman–Crippen LogP) is 0.596. The summed E-state index contributed by atoms with van der Waals surface area (Å²) in [5.41, 5.74) is 0.356. The summed E-state index contributed by atoms with van der Waals surface area (Å²) in [5, 5.41) is 8.51. The number of H-pyrrole nitrogens is 1. The van der Waals surface area contributed by atoms with Gasteiger partial charge in [0.1, 0.15) is 12.2 Å². The summed E-state index contributed by atoms with van der Waals surface area (Å²) in [6.45, 7) is 4.01. The third-order valence-electron chi connectivity index (χ3n) is 1.87. The van der Waals surface area contributed by atoms with Crippen molar-refractivity contribution in [3.05, 3.63) is 27.9 Å². The van der Waals surface area contributed by atoms with Crippen LogP contribution in [0.5, 0.6) is 0 Å². The van der Waals surface area contributed by atoms with Crippen molar-refractivity contribution in [3.8, 4) is 0 Å². The van der Waals surface area contributed by atoms with Crippen LogP contribution in [0.2, 0.25) is 0 Å². The number of hydrogen-bond acceptors (Lipinski definition) is 3. The second kappa shape index (κ2) is 4.72. The molecule has 1 aromatic heterocycles. The average Bonchev–Trinajstić information content (AvgIpc) is 2.08. The van der Waals surface area contributed by atoms with Gasteiger partial charge in [-0.05, 0) is 12.3 Å². The number of aromatic amines is 1. The summed E-state index contributed by atoms with van der Waals surface area (Å²) < 4.78 is 0. The third-order valence-corrected chi connectivity index (χ3v) is 1.87. The van der Waals surface area contributed by atoms with Gasteiger partial charge in [-0.3, -0.25) is 9.59 Å². The van der Waals surface area contributed by atoms with Gasteiger partial charge >= 0.3 is 5.97 Å². The van der Waals surface area contributed by atoms with E-state index in [1.165, 1.54) is 6.20 Å². The molecule has 82 valence electrons. The van der Waals surface area contributed by atoms with E-state index in [4.69, 9.17) is 5.11 Å². The standard InChI is InChI=1S/C10H14N2O3/c1-6(2)3-7-5-11-8(4-9(13)14)12-10(7)15/h5-6H,3-4H2,1-2H3,(H,13,14)(H,11,12,15). The van der Waals surface area contributed by atoms with E-state index in [1.54, 1.807) is 0 Å². The summed E-state index contributed by atoms with van der Waals surface area (Å²) in [6, 6.07) is 0. The van der Waals surface area contributed by atoms with Crippen molar-refractivity contribution < 1.29 is 9.90 Å². The Morgan fingerprint density at radius 1 is 1.60 bits per heavy atom. The minimum absolute atomic E-state index is 0.194. The van der Waals surface area contributed by atoms with Crippen LogP contribution in [0.3, 0.4) is 0 Å².